The molecule has 0 aromatic heterocycles. The zero-order valence-electron chi connectivity index (χ0n) is 15.2. The lowest BCUT2D eigenvalue weighted by Gasteiger charge is -2.32. The Labute approximate surface area is 147 Å². The maximum atomic E-state index is 10.2. The Hall–Kier alpha value is -1.10. The van der Waals surface area contributed by atoms with Crippen LogP contribution in [0.4, 0.5) is 0 Å². The van der Waals surface area contributed by atoms with Gasteiger partial charge in [-0.3, -0.25) is 4.90 Å². The lowest BCUT2D eigenvalue weighted by molar-refractivity contribution is 0.153. The van der Waals surface area contributed by atoms with E-state index in [2.05, 4.69) is 33.9 Å². The molecule has 0 aliphatic carbocycles. The minimum Gasteiger partial charge on any atom is -0.508 e. The smallest absolute Gasteiger partial charge is 0.120 e. The van der Waals surface area contributed by atoms with Gasteiger partial charge in [-0.15, -0.1) is 0 Å². The van der Waals surface area contributed by atoms with Gasteiger partial charge in [0.1, 0.15) is 5.75 Å². The van der Waals surface area contributed by atoms with Crippen LogP contribution in [0.1, 0.15) is 36.8 Å². The second-order valence-corrected chi connectivity index (χ2v) is 7.55. The van der Waals surface area contributed by atoms with Crippen molar-refractivity contribution in [3.8, 4) is 5.75 Å². The van der Waals surface area contributed by atoms with E-state index in [1.165, 1.54) is 77.1 Å². The lowest BCUT2D eigenvalue weighted by atomic mass is 10.0. The van der Waals surface area contributed by atoms with Crippen LogP contribution >= 0.6 is 0 Å². The maximum absolute atomic E-state index is 10.2. The monoisotopic (exact) mass is 331 g/mol. The van der Waals surface area contributed by atoms with E-state index in [-0.39, 0.29) is 0 Å². The SMILES string of the molecule is CN1CCN(CCCc2ccc(O)c(CN3CCCCC3)c2)CC1. The fourth-order valence-corrected chi connectivity index (χ4v) is 3.86. The first-order chi connectivity index (χ1) is 11.7. The quantitative estimate of drug-likeness (QED) is 0.868. The van der Waals surface area contributed by atoms with Gasteiger partial charge in [0.15, 0.2) is 0 Å². The van der Waals surface area contributed by atoms with E-state index < -0.39 is 0 Å². The normalized spacial score (nSPS) is 21.2. The zero-order valence-corrected chi connectivity index (χ0v) is 15.2. The van der Waals surface area contributed by atoms with Gasteiger partial charge in [-0.05, 0) is 64.0 Å². The number of aryl methyl sites for hydroxylation is 1. The third kappa shape index (κ3) is 5.20. The minimum atomic E-state index is 0.461. The van der Waals surface area contributed by atoms with Crippen LogP contribution in [0.5, 0.6) is 5.75 Å². The molecule has 1 N–H and O–H groups in total. The number of likely N-dealkylation sites (N-methyl/N-ethyl adjacent to an activating group) is 1. The van der Waals surface area contributed by atoms with Crippen molar-refractivity contribution in [1.82, 2.24) is 14.7 Å². The van der Waals surface area contributed by atoms with E-state index in [1.54, 1.807) is 0 Å². The molecule has 1 aromatic rings. The Morgan fingerprint density at radius 1 is 0.917 bits per heavy atom. The molecule has 2 fully saturated rings. The van der Waals surface area contributed by atoms with Crippen LogP contribution < -0.4 is 0 Å². The molecule has 134 valence electrons. The van der Waals surface area contributed by atoms with Crippen molar-refractivity contribution in [3.63, 3.8) is 0 Å². The van der Waals surface area contributed by atoms with Crippen molar-refractivity contribution in [2.75, 3.05) is 52.9 Å². The third-order valence-corrected chi connectivity index (χ3v) is 5.52. The van der Waals surface area contributed by atoms with E-state index in [0.29, 0.717) is 5.75 Å². The van der Waals surface area contributed by atoms with Gasteiger partial charge in [0.25, 0.3) is 0 Å². The summed E-state index contributed by atoms with van der Waals surface area (Å²) in [5, 5.41) is 10.2. The second-order valence-electron chi connectivity index (χ2n) is 7.55. The molecule has 0 unspecified atom stereocenters. The molecule has 2 heterocycles. The van der Waals surface area contributed by atoms with Crippen LogP contribution in [0, 0.1) is 0 Å². The summed E-state index contributed by atoms with van der Waals surface area (Å²) in [6, 6.07) is 6.22. The average Bonchev–Trinajstić information content (AvgIpc) is 2.60. The molecule has 24 heavy (non-hydrogen) atoms. The van der Waals surface area contributed by atoms with Crippen LogP contribution in [0.25, 0.3) is 0 Å². The number of hydrogen-bond donors (Lipinski definition) is 1. The number of phenols is 1. The summed E-state index contributed by atoms with van der Waals surface area (Å²) in [5.41, 5.74) is 2.47. The predicted octanol–water partition coefficient (Wildman–Crippen LogP) is 2.56. The maximum Gasteiger partial charge on any atom is 0.120 e. The molecule has 0 bridgehead atoms. The number of nitrogens with zero attached hydrogens (tertiary/aromatic N) is 3. The molecule has 4 nitrogen and oxygen atoms in total. The number of piperazine rings is 1. The molecule has 2 aliphatic rings. The fraction of sp³-hybridized carbons (Fsp3) is 0.700. The van der Waals surface area contributed by atoms with Gasteiger partial charge in [0.05, 0.1) is 0 Å². The van der Waals surface area contributed by atoms with E-state index in [0.717, 1.165) is 18.5 Å². The largest absolute Gasteiger partial charge is 0.508 e. The molecule has 0 saturated carbocycles. The Morgan fingerprint density at radius 2 is 1.67 bits per heavy atom. The van der Waals surface area contributed by atoms with Crippen LogP contribution in [0.2, 0.25) is 0 Å². The average molecular weight is 332 g/mol. The molecule has 1 aromatic carbocycles. The number of aromatic hydroxyl groups is 1. The summed E-state index contributed by atoms with van der Waals surface area (Å²) < 4.78 is 0. The topological polar surface area (TPSA) is 30.0 Å². The molecular weight excluding hydrogens is 298 g/mol. The standard InChI is InChI=1S/C20H33N3O/c1-21-12-14-22(15-13-21)11-5-6-18-7-8-20(24)19(16-18)17-23-9-3-2-4-10-23/h7-8,16,24H,2-6,9-15,17H2,1H3. The molecule has 0 spiro atoms. The van der Waals surface area contributed by atoms with E-state index in [9.17, 15) is 5.11 Å². The molecule has 0 amide bonds. The molecule has 0 atom stereocenters. The fourth-order valence-electron chi connectivity index (χ4n) is 3.86. The van der Waals surface area contributed by atoms with Gasteiger partial charge in [-0.25, -0.2) is 0 Å². The second kappa shape index (κ2) is 8.84. The highest BCUT2D eigenvalue weighted by atomic mass is 16.3. The van der Waals surface area contributed by atoms with Crippen molar-refractivity contribution in [2.24, 2.45) is 0 Å². The summed E-state index contributed by atoms with van der Waals surface area (Å²) in [6.45, 7) is 9.23. The number of benzene rings is 1. The molecular formula is C20H33N3O. The van der Waals surface area contributed by atoms with E-state index in [1.807, 2.05) is 6.07 Å². The third-order valence-electron chi connectivity index (χ3n) is 5.52. The number of phenolic OH excluding ortho intramolecular Hbond substituents is 1. The highest BCUT2D eigenvalue weighted by Crippen LogP contribution is 2.23. The van der Waals surface area contributed by atoms with Crippen LogP contribution in [0.15, 0.2) is 18.2 Å². The van der Waals surface area contributed by atoms with Crippen molar-refractivity contribution >= 4 is 0 Å². The number of likely N-dealkylation sites (tertiary alicyclic amines) is 1. The molecule has 0 radical (unpaired) electrons. The summed E-state index contributed by atoms with van der Waals surface area (Å²) >= 11 is 0. The van der Waals surface area contributed by atoms with E-state index in [4.69, 9.17) is 0 Å². The number of piperidine rings is 1. The Bertz CT molecular complexity index is 506. The molecule has 2 saturated heterocycles. The van der Waals surface area contributed by atoms with E-state index >= 15 is 0 Å². The molecule has 2 aliphatic heterocycles. The van der Waals surface area contributed by atoms with Crippen molar-refractivity contribution in [2.45, 2.75) is 38.6 Å². The first-order valence-corrected chi connectivity index (χ1v) is 9.65. The van der Waals surface area contributed by atoms with Gasteiger partial charge in [0.2, 0.25) is 0 Å². The first kappa shape index (κ1) is 17.7. The summed E-state index contributed by atoms with van der Waals surface area (Å²) in [4.78, 5) is 7.46. The summed E-state index contributed by atoms with van der Waals surface area (Å²) in [5.74, 6) is 0.461. The highest BCUT2D eigenvalue weighted by molar-refractivity contribution is 5.36. The summed E-state index contributed by atoms with van der Waals surface area (Å²) in [6.07, 6.45) is 6.27. The first-order valence-electron chi connectivity index (χ1n) is 9.65. The van der Waals surface area contributed by atoms with Crippen LogP contribution in [-0.2, 0) is 13.0 Å². The number of rotatable bonds is 6. The van der Waals surface area contributed by atoms with Crippen LogP contribution in [-0.4, -0.2) is 72.7 Å². The van der Waals surface area contributed by atoms with Crippen molar-refractivity contribution in [3.05, 3.63) is 29.3 Å². The summed E-state index contributed by atoms with van der Waals surface area (Å²) in [7, 11) is 2.21. The van der Waals surface area contributed by atoms with Crippen LogP contribution in [0.3, 0.4) is 0 Å². The predicted molar refractivity (Wildman–Crippen MR) is 99.5 cm³/mol. The van der Waals surface area contributed by atoms with Gasteiger partial charge in [-0.1, -0.05) is 18.6 Å². The minimum absolute atomic E-state index is 0.461. The zero-order chi connectivity index (χ0) is 16.8. The lowest BCUT2D eigenvalue weighted by Crippen LogP contribution is -2.44. The van der Waals surface area contributed by atoms with Gasteiger partial charge in [0, 0.05) is 38.3 Å². The van der Waals surface area contributed by atoms with Gasteiger partial charge in [-0.2, -0.15) is 0 Å². The number of hydrogen-bond acceptors (Lipinski definition) is 4. The highest BCUT2D eigenvalue weighted by Gasteiger charge is 2.14. The van der Waals surface area contributed by atoms with Gasteiger partial charge < -0.3 is 14.9 Å². The molecule has 4 heteroatoms. The van der Waals surface area contributed by atoms with Crippen molar-refractivity contribution in [1.29, 1.82) is 0 Å². The molecule has 3 rings (SSSR count). The van der Waals surface area contributed by atoms with Crippen molar-refractivity contribution < 1.29 is 5.11 Å². The Balaban J connectivity index is 1.47. The Kier molecular flexibility index (Phi) is 6.52. The van der Waals surface area contributed by atoms with Gasteiger partial charge >= 0.3 is 0 Å². The Morgan fingerprint density at radius 3 is 2.42 bits per heavy atom.